The number of fused-ring (bicyclic) bond motifs is 1. The molecule has 0 aliphatic carbocycles. The van der Waals surface area contributed by atoms with Gasteiger partial charge < -0.3 is 4.90 Å². The fourth-order valence-corrected chi connectivity index (χ4v) is 3.25. The summed E-state index contributed by atoms with van der Waals surface area (Å²) in [5, 5.41) is 9.59. The molecule has 2 aromatic carbocycles. The number of hydrogen-bond donors (Lipinski definition) is 0. The lowest BCUT2D eigenvalue weighted by molar-refractivity contribution is 0.530. The van der Waals surface area contributed by atoms with Crippen LogP contribution in [0.15, 0.2) is 42.5 Å². The molecule has 0 amide bonds. The van der Waals surface area contributed by atoms with Crippen molar-refractivity contribution in [3.8, 4) is 6.07 Å². The summed E-state index contributed by atoms with van der Waals surface area (Å²) in [5.41, 5.74) is 4.38. The Kier molecular flexibility index (Phi) is 3.86. The molecule has 1 heterocycles. The van der Waals surface area contributed by atoms with Gasteiger partial charge in [-0.1, -0.05) is 42.8 Å². The Bertz CT molecular complexity index is 703. The van der Waals surface area contributed by atoms with Crippen molar-refractivity contribution in [3.63, 3.8) is 0 Å². The number of hydrogen-bond acceptors (Lipinski definition) is 2. The van der Waals surface area contributed by atoms with Crippen LogP contribution in [0.4, 0.5) is 5.69 Å². The lowest BCUT2D eigenvalue weighted by Gasteiger charge is -2.35. The smallest absolute Gasteiger partial charge is 0.0992 e. The zero-order valence-corrected chi connectivity index (χ0v) is 12.8. The van der Waals surface area contributed by atoms with E-state index in [0.29, 0.717) is 16.5 Å². The highest BCUT2D eigenvalue weighted by molar-refractivity contribution is 6.31. The van der Waals surface area contributed by atoms with Crippen LogP contribution in [0, 0.1) is 17.2 Å². The Hall–Kier alpha value is -1.98. The van der Waals surface area contributed by atoms with Crippen LogP contribution in [0.5, 0.6) is 0 Å². The van der Waals surface area contributed by atoms with Gasteiger partial charge in [-0.25, -0.2) is 0 Å². The van der Waals surface area contributed by atoms with Crippen molar-refractivity contribution >= 4 is 17.3 Å². The Balaban J connectivity index is 1.90. The summed E-state index contributed by atoms with van der Waals surface area (Å²) >= 11 is 6.31. The molecule has 3 heteroatoms. The number of nitrogens with zero attached hydrogens (tertiary/aromatic N) is 2. The van der Waals surface area contributed by atoms with Crippen LogP contribution in [0.25, 0.3) is 0 Å². The number of nitriles is 1. The van der Waals surface area contributed by atoms with Gasteiger partial charge in [0.1, 0.15) is 0 Å². The van der Waals surface area contributed by atoms with Gasteiger partial charge in [-0.15, -0.1) is 0 Å². The summed E-state index contributed by atoms with van der Waals surface area (Å²) < 4.78 is 0. The van der Waals surface area contributed by atoms with Crippen LogP contribution >= 0.6 is 11.6 Å². The third-order valence-electron chi connectivity index (χ3n) is 3.98. The average Bonchev–Trinajstić information content (AvgIpc) is 2.49. The Morgan fingerprint density at radius 3 is 2.86 bits per heavy atom. The molecule has 0 spiro atoms. The second-order valence-electron chi connectivity index (χ2n) is 5.74. The second-order valence-corrected chi connectivity index (χ2v) is 6.14. The van der Waals surface area contributed by atoms with Gasteiger partial charge >= 0.3 is 0 Å². The zero-order chi connectivity index (χ0) is 14.8. The molecule has 0 N–H and O–H groups in total. The Morgan fingerprint density at radius 1 is 1.29 bits per heavy atom. The summed E-state index contributed by atoms with van der Waals surface area (Å²) in [6.07, 6.45) is 1.13. The minimum atomic E-state index is 0.608. The predicted molar refractivity (Wildman–Crippen MR) is 86.5 cm³/mol. The molecule has 2 aromatic rings. The number of benzene rings is 2. The van der Waals surface area contributed by atoms with E-state index < -0.39 is 0 Å². The lowest BCUT2D eigenvalue weighted by Crippen LogP contribution is -2.33. The van der Waals surface area contributed by atoms with Gasteiger partial charge in [0, 0.05) is 23.8 Å². The van der Waals surface area contributed by atoms with Crippen LogP contribution in [0.2, 0.25) is 5.02 Å². The quantitative estimate of drug-likeness (QED) is 0.821. The molecule has 106 valence electrons. The molecule has 0 bridgehead atoms. The number of anilines is 1. The maximum atomic E-state index is 8.92. The van der Waals surface area contributed by atoms with Crippen LogP contribution < -0.4 is 4.90 Å². The molecule has 1 aliphatic heterocycles. The molecule has 2 nitrogen and oxygen atoms in total. The van der Waals surface area contributed by atoms with Crippen molar-refractivity contribution in [2.45, 2.75) is 19.9 Å². The van der Waals surface area contributed by atoms with E-state index in [0.717, 1.165) is 25.1 Å². The van der Waals surface area contributed by atoms with Crippen LogP contribution in [-0.2, 0) is 13.0 Å². The molecule has 0 saturated heterocycles. The van der Waals surface area contributed by atoms with Gasteiger partial charge in [0.05, 0.1) is 11.6 Å². The third-order valence-corrected chi connectivity index (χ3v) is 4.33. The maximum absolute atomic E-state index is 8.92. The molecule has 0 radical (unpaired) electrons. The molecule has 0 saturated carbocycles. The van der Waals surface area contributed by atoms with Crippen molar-refractivity contribution in [1.82, 2.24) is 0 Å². The minimum Gasteiger partial charge on any atom is -0.367 e. The fourth-order valence-electron chi connectivity index (χ4n) is 3.01. The number of halogens is 1. The third kappa shape index (κ3) is 2.89. The van der Waals surface area contributed by atoms with Crippen molar-refractivity contribution in [3.05, 3.63) is 64.2 Å². The zero-order valence-electron chi connectivity index (χ0n) is 12.0. The maximum Gasteiger partial charge on any atom is 0.0992 e. The predicted octanol–water partition coefficient (Wildman–Crippen LogP) is 4.41. The highest BCUT2D eigenvalue weighted by atomic mass is 35.5. The Labute approximate surface area is 130 Å². The van der Waals surface area contributed by atoms with Crippen molar-refractivity contribution < 1.29 is 0 Å². The molecular formula is C18H17ClN2. The number of para-hydroxylation sites is 1. The average molecular weight is 297 g/mol. The summed E-state index contributed by atoms with van der Waals surface area (Å²) in [5.74, 6) is 0.636. The lowest BCUT2D eigenvalue weighted by atomic mass is 9.93. The van der Waals surface area contributed by atoms with Gasteiger partial charge in [-0.3, -0.25) is 0 Å². The summed E-state index contributed by atoms with van der Waals surface area (Å²) in [7, 11) is 0. The molecule has 1 aliphatic rings. The van der Waals surface area contributed by atoms with Gasteiger partial charge in [-0.2, -0.15) is 5.26 Å². The normalized spacial score (nSPS) is 17.2. The van der Waals surface area contributed by atoms with E-state index in [1.165, 1.54) is 11.3 Å². The van der Waals surface area contributed by atoms with Gasteiger partial charge in [-0.05, 0) is 41.7 Å². The highest BCUT2D eigenvalue weighted by Crippen LogP contribution is 2.31. The fraction of sp³-hybridized carbons (Fsp3) is 0.278. The van der Waals surface area contributed by atoms with Gasteiger partial charge in [0.25, 0.3) is 0 Å². The van der Waals surface area contributed by atoms with Crippen LogP contribution in [0.1, 0.15) is 23.6 Å². The molecule has 3 rings (SSSR count). The molecule has 1 atom stereocenters. The first kappa shape index (κ1) is 14.0. The van der Waals surface area contributed by atoms with Gasteiger partial charge in [0.15, 0.2) is 0 Å². The van der Waals surface area contributed by atoms with E-state index in [1.54, 1.807) is 6.07 Å². The molecular weight excluding hydrogens is 280 g/mol. The first-order chi connectivity index (χ1) is 10.2. The van der Waals surface area contributed by atoms with Crippen LogP contribution in [-0.4, -0.2) is 6.54 Å². The molecule has 0 fully saturated rings. The standard InChI is InChI=1S/C18H17ClN2/c1-13-8-15-4-2-3-5-18(15)21(11-13)12-16-7-6-14(10-20)9-17(16)19/h2-7,9,13H,8,11-12H2,1H3. The first-order valence-corrected chi connectivity index (χ1v) is 7.56. The minimum absolute atomic E-state index is 0.608. The van der Waals surface area contributed by atoms with Crippen LogP contribution in [0.3, 0.4) is 0 Å². The monoisotopic (exact) mass is 296 g/mol. The number of rotatable bonds is 2. The summed E-state index contributed by atoms with van der Waals surface area (Å²) in [6.45, 7) is 4.10. The van der Waals surface area contributed by atoms with E-state index in [4.69, 9.17) is 16.9 Å². The SMILES string of the molecule is CC1Cc2ccccc2N(Cc2ccc(C#N)cc2Cl)C1. The highest BCUT2D eigenvalue weighted by Gasteiger charge is 2.21. The summed E-state index contributed by atoms with van der Waals surface area (Å²) in [6, 6.07) is 16.2. The largest absolute Gasteiger partial charge is 0.367 e. The van der Waals surface area contributed by atoms with Crippen molar-refractivity contribution in [2.24, 2.45) is 5.92 Å². The van der Waals surface area contributed by atoms with E-state index in [2.05, 4.69) is 42.2 Å². The Morgan fingerprint density at radius 2 is 2.10 bits per heavy atom. The van der Waals surface area contributed by atoms with E-state index in [1.807, 2.05) is 12.1 Å². The van der Waals surface area contributed by atoms with Gasteiger partial charge in [0.2, 0.25) is 0 Å². The first-order valence-electron chi connectivity index (χ1n) is 7.18. The molecule has 1 unspecified atom stereocenters. The topological polar surface area (TPSA) is 27.0 Å². The van der Waals surface area contributed by atoms with Crippen molar-refractivity contribution in [1.29, 1.82) is 5.26 Å². The second kappa shape index (κ2) is 5.79. The van der Waals surface area contributed by atoms with E-state index >= 15 is 0 Å². The van der Waals surface area contributed by atoms with E-state index in [9.17, 15) is 0 Å². The molecule has 21 heavy (non-hydrogen) atoms. The van der Waals surface area contributed by atoms with E-state index in [-0.39, 0.29) is 0 Å². The summed E-state index contributed by atoms with van der Waals surface area (Å²) in [4.78, 5) is 2.39. The molecule has 0 aromatic heterocycles. The van der Waals surface area contributed by atoms with Crippen molar-refractivity contribution in [2.75, 3.05) is 11.4 Å².